The number of piperazine rings is 1. The van der Waals surface area contributed by atoms with Gasteiger partial charge in [0, 0.05) is 44.4 Å². The quantitative estimate of drug-likeness (QED) is 0.664. The Hall–Kier alpha value is -1.23. The van der Waals surface area contributed by atoms with Gasteiger partial charge in [0.15, 0.2) is 0 Å². The summed E-state index contributed by atoms with van der Waals surface area (Å²) in [5.41, 5.74) is -3.07. The fraction of sp³-hybridized carbons (Fsp3) is 0.647. The molecular weight excluding hydrogens is 414 g/mol. The van der Waals surface area contributed by atoms with Crippen LogP contribution in [0.1, 0.15) is 35.6 Å². The number of ether oxygens (including phenoxy) is 1. The zero-order valence-corrected chi connectivity index (χ0v) is 16.0. The van der Waals surface area contributed by atoms with Gasteiger partial charge < -0.3 is 15.2 Å². The number of alkyl halides is 6. The Kier molecular flexibility index (Phi) is 8.86. The SMILES string of the molecule is COc1cc(C(F)(F)F)cc(C(F)(F)F)c1[C@H](CCCO)N1CCNCC1.Cl. The van der Waals surface area contributed by atoms with Crippen LogP contribution in [0, 0.1) is 0 Å². The Labute approximate surface area is 165 Å². The van der Waals surface area contributed by atoms with E-state index in [0.717, 1.165) is 7.11 Å². The van der Waals surface area contributed by atoms with Crippen molar-refractivity contribution in [1.29, 1.82) is 0 Å². The molecule has 2 N–H and O–H groups in total. The summed E-state index contributed by atoms with van der Waals surface area (Å²) in [6.07, 6.45) is -9.52. The van der Waals surface area contributed by atoms with Crippen molar-refractivity contribution in [2.75, 3.05) is 39.9 Å². The van der Waals surface area contributed by atoms with Crippen LogP contribution in [0.5, 0.6) is 5.75 Å². The molecule has 0 saturated carbocycles. The van der Waals surface area contributed by atoms with Crippen LogP contribution in [0.2, 0.25) is 0 Å². The lowest BCUT2D eigenvalue weighted by Gasteiger charge is -2.37. The van der Waals surface area contributed by atoms with Crippen molar-refractivity contribution in [2.45, 2.75) is 31.2 Å². The van der Waals surface area contributed by atoms with Crippen LogP contribution in [0.4, 0.5) is 26.3 Å². The van der Waals surface area contributed by atoms with Gasteiger partial charge in [-0.2, -0.15) is 26.3 Å². The Morgan fingerprint density at radius 1 is 1.11 bits per heavy atom. The third-order valence-corrected chi connectivity index (χ3v) is 4.56. The first kappa shape index (κ1) is 24.8. The zero-order chi connectivity index (χ0) is 20.2. The topological polar surface area (TPSA) is 44.7 Å². The van der Waals surface area contributed by atoms with Crippen molar-refractivity contribution in [1.82, 2.24) is 10.2 Å². The molecule has 1 aromatic rings. The van der Waals surface area contributed by atoms with Gasteiger partial charge in [0.1, 0.15) is 5.75 Å². The number of aliphatic hydroxyl groups is 1. The summed E-state index contributed by atoms with van der Waals surface area (Å²) in [6.45, 7) is 1.77. The lowest BCUT2D eigenvalue weighted by atomic mass is 9.91. The number of aliphatic hydroxyl groups excluding tert-OH is 1. The summed E-state index contributed by atoms with van der Waals surface area (Å²) in [5.74, 6) is -0.446. The maximum absolute atomic E-state index is 13.7. The average Bonchev–Trinajstić information content (AvgIpc) is 2.61. The third-order valence-electron chi connectivity index (χ3n) is 4.56. The molecule has 1 heterocycles. The predicted octanol–water partition coefficient (Wildman–Crippen LogP) is 3.87. The van der Waals surface area contributed by atoms with E-state index in [-0.39, 0.29) is 43.5 Å². The van der Waals surface area contributed by atoms with E-state index in [1.165, 1.54) is 0 Å². The standard InChI is InChI=1S/C17H22F6N2O2.ClH/c1-27-14-10-11(16(18,19)20)9-12(17(21,22)23)15(14)13(3-2-8-26)25-6-4-24-5-7-25;/h9-10,13,24,26H,2-8H2,1H3;1H/t13-;/m0./s1. The summed E-state index contributed by atoms with van der Waals surface area (Å²) in [5, 5.41) is 12.2. The first-order chi connectivity index (χ1) is 12.6. The summed E-state index contributed by atoms with van der Waals surface area (Å²) in [4.78, 5) is 1.78. The Morgan fingerprint density at radius 2 is 1.71 bits per heavy atom. The zero-order valence-electron chi connectivity index (χ0n) is 15.2. The van der Waals surface area contributed by atoms with E-state index >= 15 is 0 Å². The van der Waals surface area contributed by atoms with Crippen molar-refractivity contribution < 1.29 is 36.2 Å². The van der Waals surface area contributed by atoms with Crippen molar-refractivity contribution in [3.63, 3.8) is 0 Å². The molecule has 4 nitrogen and oxygen atoms in total. The summed E-state index contributed by atoms with van der Waals surface area (Å²) >= 11 is 0. The van der Waals surface area contributed by atoms with Crippen LogP contribution in [0.3, 0.4) is 0 Å². The lowest BCUT2D eigenvalue weighted by Crippen LogP contribution is -2.45. The normalized spacial score (nSPS) is 17.1. The summed E-state index contributed by atoms with van der Waals surface area (Å²) < 4.78 is 85.3. The second kappa shape index (κ2) is 10.00. The Balaban J connectivity index is 0.00000392. The number of nitrogens with one attached hydrogen (secondary N) is 1. The highest BCUT2D eigenvalue weighted by atomic mass is 35.5. The highest BCUT2D eigenvalue weighted by Crippen LogP contribution is 2.46. The Morgan fingerprint density at radius 3 is 2.18 bits per heavy atom. The molecule has 11 heteroatoms. The van der Waals surface area contributed by atoms with Gasteiger partial charge in [-0.1, -0.05) is 0 Å². The molecule has 0 spiro atoms. The third kappa shape index (κ3) is 5.88. The molecular formula is C17H23ClF6N2O2. The summed E-state index contributed by atoms with van der Waals surface area (Å²) in [6, 6.07) is -0.0573. The second-order valence-electron chi connectivity index (χ2n) is 6.30. The summed E-state index contributed by atoms with van der Waals surface area (Å²) in [7, 11) is 1.06. The average molecular weight is 437 g/mol. The van der Waals surface area contributed by atoms with E-state index in [1.54, 1.807) is 4.90 Å². The molecule has 0 radical (unpaired) electrons. The monoisotopic (exact) mass is 436 g/mol. The van der Waals surface area contributed by atoms with Gasteiger partial charge in [-0.05, 0) is 25.0 Å². The fourth-order valence-corrected chi connectivity index (χ4v) is 3.33. The maximum Gasteiger partial charge on any atom is 0.416 e. The van der Waals surface area contributed by atoms with E-state index in [9.17, 15) is 26.3 Å². The number of halogens is 7. The van der Waals surface area contributed by atoms with Crippen molar-refractivity contribution in [2.24, 2.45) is 0 Å². The second-order valence-corrected chi connectivity index (χ2v) is 6.30. The molecule has 28 heavy (non-hydrogen) atoms. The molecule has 1 fully saturated rings. The number of benzene rings is 1. The van der Waals surface area contributed by atoms with E-state index < -0.39 is 35.3 Å². The molecule has 162 valence electrons. The molecule has 1 aliphatic heterocycles. The van der Waals surface area contributed by atoms with Crippen molar-refractivity contribution >= 4 is 12.4 Å². The Bertz CT molecular complexity index is 633. The smallest absolute Gasteiger partial charge is 0.416 e. The number of nitrogens with zero attached hydrogens (tertiary/aromatic N) is 1. The molecule has 0 bridgehead atoms. The van der Waals surface area contributed by atoms with Crippen LogP contribution in [-0.4, -0.2) is 49.9 Å². The number of rotatable bonds is 6. The predicted molar refractivity (Wildman–Crippen MR) is 93.7 cm³/mol. The lowest BCUT2D eigenvalue weighted by molar-refractivity contribution is -0.144. The van der Waals surface area contributed by atoms with E-state index in [0.29, 0.717) is 32.2 Å². The van der Waals surface area contributed by atoms with Crippen molar-refractivity contribution in [3.05, 3.63) is 28.8 Å². The van der Waals surface area contributed by atoms with E-state index in [1.807, 2.05) is 0 Å². The number of hydrogen-bond acceptors (Lipinski definition) is 4. The minimum atomic E-state index is -4.98. The van der Waals surface area contributed by atoms with Crippen LogP contribution in [0.25, 0.3) is 0 Å². The van der Waals surface area contributed by atoms with Gasteiger partial charge in [-0.25, -0.2) is 0 Å². The molecule has 0 aliphatic carbocycles. The van der Waals surface area contributed by atoms with E-state index in [2.05, 4.69) is 5.32 Å². The largest absolute Gasteiger partial charge is 0.496 e. The van der Waals surface area contributed by atoms with Crippen LogP contribution in [0.15, 0.2) is 12.1 Å². The number of hydrogen-bond donors (Lipinski definition) is 2. The molecule has 1 aliphatic rings. The van der Waals surface area contributed by atoms with Gasteiger partial charge in [-0.15, -0.1) is 12.4 Å². The first-order valence-corrected chi connectivity index (χ1v) is 8.51. The molecule has 0 amide bonds. The minimum absolute atomic E-state index is 0. The first-order valence-electron chi connectivity index (χ1n) is 8.51. The highest BCUT2D eigenvalue weighted by Gasteiger charge is 2.42. The highest BCUT2D eigenvalue weighted by molar-refractivity contribution is 5.85. The number of methoxy groups -OCH3 is 1. The van der Waals surface area contributed by atoms with Crippen LogP contribution in [-0.2, 0) is 12.4 Å². The molecule has 1 aromatic carbocycles. The fourth-order valence-electron chi connectivity index (χ4n) is 3.33. The maximum atomic E-state index is 13.7. The molecule has 0 aromatic heterocycles. The molecule has 0 unspecified atom stereocenters. The van der Waals surface area contributed by atoms with Gasteiger partial charge >= 0.3 is 12.4 Å². The molecule has 1 saturated heterocycles. The van der Waals surface area contributed by atoms with Crippen LogP contribution >= 0.6 is 12.4 Å². The minimum Gasteiger partial charge on any atom is -0.496 e. The van der Waals surface area contributed by atoms with E-state index in [4.69, 9.17) is 9.84 Å². The van der Waals surface area contributed by atoms with Gasteiger partial charge in [0.05, 0.1) is 18.2 Å². The van der Waals surface area contributed by atoms with Gasteiger partial charge in [0.2, 0.25) is 0 Å². The van der Waals surface area contributed by atoms with Gasteiger partial charge in [-0.3, -0.25) is 4.90 Å². The molecule has 2 rings (SSSR count). The molecule has 1 atom stereocenters. The van der Waals surface area contributed by atoms with Crippen LogP contribution < -0.4 is 10.1 Å². The van der Waals surface area contributed by atoms with Crippen molar-refractivity contribution in [3.8, 4) is 5.75 Å². The van der Waals surface area contributed by atoms with Gasteiger partial charge in [0.25, 0.3) is 0 Å².